The maximum atomic E-state index is 11.8. The van der Waals surface area contributed by atoms with Crippen LogP contribution in [-0.4, -0.2) is 90.5 Å². The summed E-state index contributed by atoms with van der Waals surface area (Å²) in [5.41, 5.74) is 0. The molecule has 0 spiro atoms. The zero-order valence-electron chi connectivity index (χ0n) is 11.9. The lowest BCUT2D eigenvalue weighted by Crippen LogP contribution is -2.53. The first-order valence-electron chi connectivity index (χ1n) is 6.67. The third-order valence-corrected chi connectivity index (χ3v) is 3.25. The van der Waals surface area contributed by atoms with Gasteiger partial charge in [0.1, 0.15) is 0 Å². The van der Waals surface area contributed by atoms with Crippen LogP contribution < -0.4 is 5.32 Å². The summed E-state index contributed by atoms with van der Waals surface area (Å²) >= 11 is 0. The van der Waals surface area contributed by atoms with Gasteiger partial charge in [0.2, 0.25) is 0 Å². The number of nitrogens with zero attached hydrogens (tertiary/aromatic N) is 2. The van der Waals surface area contributed by atoms with Crippen molar-refractivity contribution >= 4 is 18.0 Å². The van der Waals surface area contributed by atoms with Gasteiger partial charge in [0.15, 0.2) is 6.10 Å². The third-order valence-electron chi connectivity index (χ3n) is 3.25. The van der Waals surface area contributed by atoms with E-state index in [9.17, 15) is 14.4 Å². The van der Waals surface area contributed by atoms with Crippen molar-refractivity contribution in [2.24, 2.45) is 0 Å². The number of ether oxygens (including phenoxy) is 1. The minimum absolute atomic E-state index is 0.266. The van der Waals surface area contributed by atoms with Gasteiger partial charge < -0.3 is 25.2 Å². The van der Waals surface area contributed by atoms with Crippen LogP contribution in [0.2, 0.25) is 0 Å². The van der Waals surface area contributed by atoms with Crippen molar-refractivity contribution in [1.29, 1.82) is 0 Å². The van der Waals surface area contributed by atoms with E-state index in [-0.39, 0.29) is 12.5 Å². The second kappa shape index (κ2) is 8.42. The predicted molar refractivity (Wildman–Crippen MR) is 71.7 cm³/mol. The molecule has 0 radical (unpaired) electrons. The summed E-state index contributed by atoms with van der Waals surface area (Å²) in [6.07, 6.45) is -1.29. The Morgan fingerprint density at radius 1 is 1.24 bits per heavy atom. The first-order valence-corrected chi connectivity index (χ1v) is 6.67. The van der Waals surface area contributed by atoms with E-state index in [0.717, 1.165) is 0 Å². The number of piperazine rings is 1. The van der Waals surface area contributed by atoms with Crippen molar-refractivity contribution < 1.29 is 29.3 Å². The number of aliphatic hydroxyl groups is 1. The number of carboxylic acid groups (broad SMARTS) is 1. The maximum absolute atomic E-state index is 11.8. The Hall–Kier alpha value is -1.87. The number of carbonyl (C=O) groups excluding carboxylic acids is 2. The molecule has 2 amide bonds. The minimum atomic E-state index is -1.60. The first kappa shape index (κ1) is 17.2. The highest BCUT2D eigenvalue weighted by Gasteiger charge is 2.22. The summed E-state index contributed by atoms with van der Waals surface area (Å²) < 4.78 is 4.56. The number of methoxy groups -OCH3 is 1. The molecule has 0 unspecified atom stereocenters. The summed E-state index contributed by atoms with van der Waals surface area (Å²) in [5.74, 6) is -1.64. The number of esters is 1. The number of rotatable bonds is 6. The molecule has 21 heavy (non-hydrogen) atoms. The Morgan fingerprint density at radius 2 is 1.86 bits per heavy atom. The first-order chi connectivity index (χ1) is 9.93. The van der Waals surface area contributed by atoms with Crippen LogP contribution in [0, 0.1) is 0 Å². The number of urea groups is 1. The number of hydrogen-bond acceptors (Lipinski definition) is 6. The molecule has 1 aliphatic rings. The highest BCUT2D eigenvalue weighted by Crippen LogP contribution is 2.03. The lowest BCUT2D eigenvalue weighted by atomic mass is 10.3. The standard InChI is InChI=1S/C12H21N3O6/c1-21-10(17)2-3-14-4-6-15(7-5-14)12(20)13-8-9(16)11(18)19/h9,16H,2-8H2,1H3,(H,13,20)(H,18,19)/t9-/m0/s1. The van der Waals surface area contributed by atoms with E-state index >= 15 is 0 Å². The summed E-state index contributed by atoms with van der Waals surface area (Å²) in [6, 6.07) is -0.400. The van der Waals surface area contributed by atoms with Crippen LogP contribution in [0.1, 0.15) is 6.42 Å². The van der Waals surface area contributed by atoms with E-state index in [0.29, 0.717) is 39.1 Å². The lowest BCUT2D eigenvalue weighted by Gasteiger charge is -2.34. The Kier molecular flexibility index (Phi) is 6.89. The molecule has 3 N–H and O–H groups in total. The topological polar surface area (TPSA) is 119 Å². The number of hydrogen-bond donors (Lipinski definition) is 3. The molecule has 0 saturated carbocycles. The third kappa shape index (κ3) is 5.96. The molecule has 1 rings (SSSR count). The zero-order chi connectivity index (χ0) is 15.8. The molecule has 9 nitrogen and oxygen atoms in total. The van der Waals surface area contributed by atoms with Crippen LogP contribution in [0.15, 0.2) is 0 Å². The van der Waals surface area contributed by atoms with Crippen LogP contribution in [0.5, 0.6) is 0 Å². The van der Waals surface area contributed by atoms with Crippen molar-refractivity contribution in [3.05, 3.63) is 0 Å². The normalized spacial score (nSPS) is 17.1. The van der Waals surface area contributed by atoms with Gasteiger partial charge in [-0.05, 0) is 0 Å². The monoisotopic (exact) mass is 303 g/mol. The number of carbonyl (C=O) groups is 3. The Labute approximate surface area is 122 Å². The molecule has 1 saturated heterocycles. The lowest BCUT2D eigenvalue weighted by molar-refractivity contribution is -0.146. The molecule has 0 aliphatic carbocycles. The smallest absolute Gasteiger partial charge is 0.334 e. The van der Waals surface area contributed by atoms with Crippen LogP contribution in [-0.2, 0) is 14.3 Å². The molecule has 0 aromatic carbocycles. The van der Waals surface area contributed by atoms with E-state index in [1.165, 1.54) is 7.11 Å². The van der Waals surface area contributed by atoms with E-state index in [1.54, 1.807) is 4.90 Å². The quantitative estimate of drug-likeness (QED) is 0.501. The van der Waals surface area contributed by atoms with E-state index in [2.05, 4.69) is 10.1 Å². The summed E-state index contributed by atoms with van der Waals surface area (Å²) in [4.78, 5) is 36.8. The zero-order valence-corrected chi connectivity index (χ0v) is 11.9. The molecule has 1 aliphatic heterocycles. The van der Waals surface area contributed by atoms with Gasteiger partial charge in [-0.25, -0.2) is 9.59 Å². The summed E-state index contributed by atoms with van der Waals surface area (Å²) in [6.45, 7) is 2.49. The van der Waals surface area contributed by atoms with E-state index in [1.807, 2.05) is 4.90 Å². The van der Waals surface area contributed by atoms with Crippen LogP contribution in [0.3, 0.4) is 0 Å². The molecule has 9 heteroatoms. The van der Waals surface area contributed by atoms with Crippen LogP contribution >= 0.6 is 0 Å². The van der Waals surface area contributed by atoms with E-state index in [4.69, 9.17) is 10.2 Å². The van der Waals surface area contributed by atoms with Gasteiger partial charge in [0.25, 0.3) is 0 Å². The van der Waals surface area contributed by atoms with Gasteiger partial charge in [-0.1, -0.05) is 0 Å². The number of amides is 2. The minimum Gasteiger partial charge on any atom is -0.479 e. The van der Waals surface area contributed by atoms with Crippen molar-refractivity contribution in [3.63, 3.8) is 0 Å². The number of aliphatic carboxylic acids is 1. The number of aliphatic hydroxyl groups excluding tert-OH is 1. The molecule has 0 bridgehead atoms. The van der Waals surface area contributed by atoms with Gasteiger partial charge in [0, 0.05) is 32.7 Å². The molecule has 1 atom stereocenters. The van der Waals surface area contributed by atoms with Gasteiger partial charge in [-0.3, -0.25) is 9.69 Å². The largest absolute Gasteiger partial charge is 0.479 e. The highest BCUT2D eigenvalue weighted by molar-refractivity contribution is 5.76. The van der Waals surface area contributed by atoms with Crippen molar-refractivity contribution in [2.75, 3.05) is 46.4 Å². The van der Waals surface area contributed by atoms with Crippen LogP contribution in [0.25, 0.3) is 0 Å². The molecular weight excluding hydrogens is 282 g/mol. The Morgan fingerprint density at radius 3 is 2.38 bits per heavy atom. The van der Waals surface area contributed by atoms with Crippen molar-refractivity contribution in [3.8, 4) is 0 Å². The Bertz CT molecular complexity index is 381. The molecular formula is C12H21N3O6. The molecule has 1 heterocycles. The van der Waals surface area contributed by atoms with Crippen molar-refractivity contribution in [2.45, 2.75) is 12.5 Å². The SMILES string of the molecule is COC(=O)CCN1CCN(C(=O)NC[C@H](O)C(=O)O)CC1. The number of nitrogens with one attached hydrogen (secondary N) is 1. The van der Waals surface area contributed by atoms with Gasteiger partial charge in [-0.15, -0.1) is 0 Å². The Balaban J connectivity index is 2.24. The fourth-order valence-electron chi connectivity index (χ4n) is 1.91. The van der Waals surface area contributed by atoms with Crippen LogP contribution in [0.4, 0.5) is 4.79 Å². The summed E-state index contributed by atoms with van der Waals surface area (Å²) in [7, 11) is 1.34. The highest BCUT2D eigenvalue weighted by atomic mass is 16.5. The maximum Gasteiger partial charge on any atom is 0.334 e. The van der Waals surface area contributed by atoms with Crippen molar-refractivity contribution in [1.82, 2.24) is 15.1 Å². The molecule has 1 fully saturated rings. The predicted octanol–water partition coefficient (Wildman–Crippen LogP) is -1.68. The second-order valence-electron chi connectivity index (χ2n) is 4.69. The fourth-order valence-corrected chi connectivity index (χ4v) is 1.91. The number of carboxylic acids is 1. The van der Waals surface area contributed by atoms with Gasteiger partial charge in [0.05, 0.1) is 20.1 Å². The summed E-state index contributed by atoms with van der Waals surface area (Å²) in [5, 5.41) is 20.0. The fraction of sp³-hybridized carbons (Fsp3) is 0.750. The average Bonchev–Trinajstić information content (AvgIpc) is 2.50. The van der Waals surface area contributed by atoms with E-state index < -0.39 is 18.1 Å². The van der Waals surface area contributed by atoms with Gasteiger partial charge in [-0.2, -0.15) is 0 Å². The molecule has 0 aromatic heterocycles. The average molecular weight is 303 g/mol. The van der Waals surface area contributed by atoms with Gasteiger partial charge >= 0.3 is 18.0 Å². The molecule has 120 valence electrons. The molecule has 0 aromatic rings. The second-order valence-corrected chi connectivity index (χ2v) is 4.69.